The van der Waals surface area contributed by atoms with E-state index in [2.05, 4.69) is 10.3 Å². The number of carbonyl (C=O) groups excluding carboxylic acids is 1. The van der Waals surface area contributed by atoms with Crippen LogP contribution in [-0.4, -0.2) is 57.6 Å². The highest BCUT2D eigenvalue weighted by atomic mass is 19.3. The van der Waals surface area contributed by atoms with E-state index < -0.39 is 36.8 Å². The van der Waals surface area contributed by atoms with Crippen LogP contribution in [-0.2, 0) is 11.3 Å². The number of aromatic nitrogens is 2. The third-order valence-corrected chi connectivity index (χ3v) is 3.72. The van der Waals surface area contributed by atoms with Gasteiger partial charge in [0.2, 0.25) is 5.91 Å². The minimum atomic E-state index is -2.40. The number of nitrogens with zero attached hydrogens (tertiary/aromatic N) is 4. The van der Waals surface area contributed by atoms with E-state index in [0.717, 1.165) is 0 Å². The van der Waals surface area contributed by atoms with Crippen molar-refractivity contribution in [1.29, 1.82) is 0 Å². The lowest BCUT2D eigenvalue weighted by Crippen LogP contribution is -2.51. The number of imidazole rings is 1. The number of aliphatic hydroxyl groups excluding tert-OH is 2. The van der Waals surface area contributed by atoms with Gasteiger partial charge in [0.1, 0.15) is 12.2 Å². The standard InChI is InChI=1S/C13H18F3N5O3/c1-19-11-9(12(23)20(2)13(19)24)21(6-18-11)5-8(22)17-4-3-7(14)10(15)16/h6,12-13,23-24H,3-5H2,1-2H3,(H,17,22). The number of carbonyl (C=O) groups is 1. The summed E-state index contributed by atoms with van der Waals surface area (Å²) in [6.07, 6.45) is -3.94. The zero-order chi connectivity index (χ0) is 18.0. The van der Waals surface area contributed by atoms with Crippen LogP contribution < -0.4 is 10.2 Å². The van der Waals surface area contributed by atoms with Crippen LogP contribution in [0.5, 0.6) is 0 Å². The van der Waals surface area contributed by atoms with Crippen molar-refractivity contribution >= 4 is 11.7 Å². The summed E-state index contributed by atoms with van der Waals surface area (Å²) >= 11 is 0. The first-order valence-electron chi connectivity index (χ1n) is 7.06. The van der Waals surface area contributed by atoms with Crippen LogP contribution >= 0.6 is 0 Å². The maximum atomic E-state index is 12.6. The number of halogens is 3. The molecule has 1 aliphatic rings. The molecule has 0 bridgehead atoms. The van der Waals surface area contributed by atoms with Gasteiger partial charge in [-0.1, -0.05) is 0 Å². The molecule has 0 spiro atoms. The zero-order valence-electron chi connectivity index (χ0n) is 13.1. The molecule has 1 aromatic heterocycles. The van der Waals surface area contributed by atoms with Crippen LogP contribution in [0.4, 0.5) is 19.0 Å². The smallest absolute Gasteiger partial charge is 0.301 e. The van der Waals surface area contributed by atoms with E-state index in [1.54, 1.807) is 7.05 Å². The second-order valence-corrected chi connectivity index (χ2v) is 5.34. The summed E-state index contributed by atoms with van der Waals surface area (Å²) < 4.78 is 37.9. The molecule has 8 nitrogen and oxygen atoms in total. The number of hydrogen-bond acceptors (Lipinski definition) is 6. The summed E-state index contributed by atoms with van der Waals surface area (Å²) in [6, 6.07) is 0. The molecule has 3 N–H and O–H groups in total. The molecular weight excluding hydrogens is 331 g/mol. The van der Waals surface area contributed by atoms with Gasteiger partial charge in [0.05, 0.1) is 6.33 Å². The molecule has 2 unspecified atom stereocenters. The normalized spacial score (nSPS) is 20.7. The second kappa shape index (κ2) is 7.20. The summed E-state index contributed by atoms with van der Waals surface area (Å²) in [4.78, 5) is 18.6. The monoisotopic (exact) mass is 349 g/mol. The van der Waals surface area contributed by atoms with Crippen LogP contribution in [0.2, 0.25) is 0 Å². The lowest BCUT2D eigenvalue weighted by atomic mass is 10.2. The molecule has 2 rings (SSSR count). The maximum absolute atomic E-state index is 12.6. The van der Waals surface area contributed by atoms with Crippen molar-refractivity contribution in [1.82, 2.24) is 19.8 Å². The fourth-order valence-electron chi connectivity index (χ4n) is 2.36. The summed E-state index contributed by atoms with van der Waals surface area (Å²) in [7, 11) is 3.07. The van der Waals surface area contributed by atoms with Crippen LogP contribution in [0.25, 0.3) is 0 Å². The van der Waals surface area contributed by atoms with E-state index in [4.69, 9.17) is 0 Å². The number of hydrogen-bond donors (Lipinski definition) is 3. The lowest BCUT2D eigenvalue weighted by Gasteiger charge is -2.39. The van der Waals surface area contributed by atoms with Gasteiger partial charge in [0.15, 0.2) is 24.2 Å². The lowest BCUT2D eigenvalue weighted by molar-refractivity contribution is -0.122. The Bertz CT molecular complexity index is 647. The predicted octanol–water partition coefficient (Wildman–Crippen LogP) is 0.115. The maximum Gasteiger partial charge on any atom is 0.301 e. The highest BCUT2D eigenvalue weighted by molar-refractivity contribution is 5.76. The third kappa shape index (κ3) is 3.52. The van der Waals surface area contributed by atoms with Crippen molar-refractivity contribution in [3.8, 4) is 0 Å². The Kier molecular flexibility index (Phi) is 5.47. The molecule has 11 heteroatoms. The summed E-state index contributed by atoms with van der Waals surface area (Å²) in [5.74, 6) is -1.80. The molecule has 0 aliphatic carbocycles. The molecule has 0 saturated carbocycles. The van der Waals surface area contributed by atoms with E-state index in [0.29, 0.717) is 11.5 Å². The van der Waals surface area contributed by atoms with E-state index in [1.807, 2.05) is 0 Å². The highest BCUT2D eigenvalue weighted by Gasteiger charge is 2.36. The van der Waals surface area contributed by atoms with Crippen molar-refractivity contribution in [2.24, 2.45) is 0 Å². The molecule has 24 heavy (non-hydrogen) atoms. The van der Waals surface area contributed by atoms with Crippen molar-refractivity contribution < 1.29 is 28.2 Å². The number of fused-ring (bicyclic) bond motifs is 1. The first-order valence-corrected chi connectivity index (χ1v) is 7.06. The fourth-order valence-corrected chi connectivity index (χ4v) is 2.36. The molecule has 1 aliphatic heterocycles. The molecule has 1 aromatic rings. The van der Waals surface area contributed by atoms with Crippen molar-refractivity contribution in [3.05, 3.63) is 23.9 Å². The Balaban J connectivity index is 2.03. The Morgan fingerprint density at radius 2 is 2.00 bits per heavy atom. The minimum Gasteiger partial charge on any atom is -0.372 e. The van der Waals surface area contributed by atoms with Gasteiger partial charge in [-0.15, -0.1) is 0 Å². The van der Waals surface area contributed by atoms with E-state index in [9.17, 15) is 28.2 Å². The Hall–Kier alpha value is -2.11. The number of rotatable bonds is 5. The molecule has 2 heterocycles. The Labute approximate surface area is 135 Å². The number of amides is 1. The Morgan fingerprint density at radius 1 is 1.33 bits per heavy atom. The summed E-state index contributed by atoms with van der Waals surface area (Å²) in [6.45, 7) is -0.513. The van der Waals surface area contributed by atoms with Gasteiger partial charge in [-0.3, -0.25) is 4.79 Å². The minimum absolute atomic E-state index is 0.236. The largest absolute Gasteiger partial charge is 0.372 e. The quantitative estimate of drug-likeness (QED) is 0.699. The van der Waals surface area contributed by atoms with Gasteiger partial charge in [0, 0.05) is 20.0 Å². The average Bonchev–Trinajstić information content (AvgIpc) is 2.94. The molecule has 1 amide bonds. The van der Waals surface area contributed by atoms with Gasteiger partial charge < -0.3 is 25.0 Å². The van der Waals surface area contributed by atoms with Gasteiger partial charge in [-0.2, -0.15) is 8.78 Å². The van der Waals surface area contributed by atoms with Crippen molar-refractivity contribution in [2.75, 3.05) is 25.5 Å². The molecule has 0 radical (unpaired) electrons. The first-order chi connectivity index (χ1) is 11.2. The average molecular weight is 349 g/mol. The summed E-state index contributed by atoms with van der Waals surface area (Å²) in [5, 5.41) is 22.5. The topological polar surface area (TPSA) is 93.9 Å². The van der Waals surface area contributed by atoms with Gasteiger partial charge in [0.25, 0.3) is 0 Å². The Morgan fingerprint density at radius 3 is 2.62 bits per heavy atom. The molecule has 0 aromatic carbocycles. The third-order valence-electron chi connectivity index (χ3n) is 3.72. The van der Waals surface area contributed by atoms with Gasteiger partial charge in [-0.25, -0.2) is 14.3 Å². The van der Waals surface area contributed by atoms with Crippen LogP contribution in [0, 0.1) is 0 Å². The number of aliphatic hydroxyl groups is 2. The van der Waals surface area contributed by atoms with Crippen LogP contribution in [0.3, 0.4) is 0 Å². The van der Waals surface area contributed by atoms with E-state index in [1.165, 1.54) is 27.7 Å². The molecular formula is C13H18F3N5O3. The van der Waals surface area contributed by atoms with E-state index in [-0.39, 0.29) is 13.1 Å². The molecule has 134 valence electrons. The number of nitrogens with one attached hydrogen (secondary N) is 1. The van der Waals surface area contributed by atoms with Crippen LogP contribution in [0.15, 0.2) is 18.2 Å². The molecule has 0 fully saturated rings. The predicted molar refractivity (Wildman–Crippen MR) is 77.3 cm³/mol. The summed E-state index contributed by atoms with van der Waals surface area (Å²) in [5.41, 5.74) is 0.307. The fraction of sp³-hybridized carbons (Fsp3) is 0.538. The van der Waals surface area contributed by atoms with Crippen LogP contribution in [0.1, 0.15) is 18.3 Å². The zero-order valence-corrected chi connectivity index (χ0v) is 13.1. The van der Waals surface area contributed by atoms with Gasteiger partial charge in [-0.05, 0) is 7.05 Å². The SMILES string of the molecule is CN1c2ncn(CC(=O)NCCC(F)=C(F)F)c2C(O)N(C)C1O. The number of anilines is 1. The van der Waals surface area contributed by atoms with Crippen molar-refractivity contribution in [2.45, 2.75) is 25.5 Å². The highest BCUT2D eigenvalue weighted by Crippen LogP contribution is 2.33. The van der Waals surface area contributed by atoms with E-state index >= 15 is 0 Å². The van der Waals surface area contributed by atoms with Gasteiger partial charge >= 0.3 is 6.08 Å². The van der Waals surface area contributed by atoms with Crippen molar-refractivity contribution in [3.63, 3.8) is 0 Å². The second-order valence-electron chi connectivity index (χ2n) is 5.34. The molecule has 2 atom stereocenters. The first kappa shape index (κ1) is 18.2. The molecule has 0 saturated heterocycles.